The Kier molecular flexibility index (Phi) is 5.32. The first-order valence-corrected chi connectivity index (χ1v) is 11.6. The molecule has 5 rings (SSSR count). The number of nitrogens with zero attached hydrogens (tertiary/aromatic N) is 2. The number of allylic oxidation sites excluding steroid dienone is 3. The fourth-order valence-electron chi connectivity index (χ4n) is 3.47. The van der Waals surface area contributed by atoms with Crippen LogP contribution in [0.25, 0.3) is 10.9 Å². The van der Waals surface area contributed by atoms with E-state index in [9.17, 15) is 8.42 Å². The van der Waals surface area contributed by atoms with E-state index in [0.717, 1.165) is 40.5 Å². The molecule has 0 saturated carbocycles. The number of aromatic amines is 1. The second kappa shape index (κ2) is 8.45. The van der Waals surface area contributed by atoms with E-state index in [-0.39, 0.29) is 0 Å². The first-order chi connectivity index (χ1) is 16.0. The highest BCUT2D eigenvalue weighted by Crippen LogP contribution is 2.30. The van der Waals surface area contributed by atoms with Crippen molar-refractivity contribution in [3.63, 3.8) is 0 Å². The van der Waals surface area contributed by atoms with Crippen LogP contribution >= 0.6 is 0 Å². The summed E-state index contributed by atoms with van der Waals surface area (Å²) in [6, 6.07) is 9.71. The number of rotatable bonds is 6. The van der Waals surface area contributed by atoms with Crippen molar-refractivity contribution in [1.29, 1.82) is 0 Å². The lowest BCUT2D eigenvalue weighted by atomic mass is 10.0. The van der Waals surface area contributed by atoms with Crippen molar-refractivity contribution >= 4 is 38.4 Å². The molecule has 2 aromatic heterocycles. The smallest absolute Gasteiger partial charge is 0.274 e. The van der Waals surface area contributed by atoms with Gasteiger partial charge in [0.2, 0.25) is 5.95 Å². The highest BCUT2D eigenvalue weighted by Gasteiger charge is 2.22. The van der Waals surface area contributed by atoms with E-state index in [1.54, 1.807) is 12.3 Å². The predicted octanol–water partition coefficient (Wildman–Crippen LogP) is 3.69. The minimum Gasteiger partial charge on any atom is -0.457 e. The quantitative estimate of drug-likeness (QED) is 0.432. The van der Waals surface area contributed by atoms with Crippen LogP contribution < -0.4 is 15.8 Å². The van der Waals surface area contributed by atoms with E-state index in [0.29, 0.717) is 23.9 Å². The van der Waals surface area contributed by atoms with Gasteiger partial charge < -0.3 is 25.1 Å². The number of nitrogens with one attached hydrogen (secondary N) is 3. The standard InChI is InChI=1S/C22H20N6O4S/c23-33(29,30)21-13-31-19(12-32-21)16-3-1-2-4-17(16)27-20-8-10-25-22(28-20)26-15-6-5-14-7-9-24-18(14)11-15/h2,4-13,24H,1,3H2,(H2,23,29,30)(H2,25,26,27,28). The van der Waals surface area contributed by atoms with Crippen LogP contribution in [0.5, 0.6) is 0 Å². The van der Waals surface area contributed by atoms with Gasteiger partial charge in [0.15, 0.2) is 5.76 Å². The fourth-order valence-corrected chi connectivity index (χ4v) is 3.84. The number of nitrogens with two attached hydrogens (primary N) is 1. The maximum atomic E-state index is 11.4. The van der Waals surface area contributed by atoms with E-state index >= 15 is 0 Å². The van der Waals surface area contributed by atoms with E-state index in [1.165, 1.54) is 6.26 Å². The molecule has 0 fully saturated rings. The number of ether oxygens (including phenoxy) is 2. The summed E-state index contributed by atoms with van der Waals surface area (Å²) in [6.07, 6.45) is 11.2. The van der Waals surface area contributed by atoms with Crippen molar-refractivity contribution < 1.29 is 17.9 Å². The van der Waals surface area contributed by atoms with Gasteiger partial charge in [0.25, 0.3) is 15.1 Å². The molecule has 33 heavy (non-hydrogen) atoms. The number of primary sulfonamides is 1. The minimum absolute atomic E-state index is 0.390. The molecule has 0 spiro atoms. The van der Waals surface area contributed by atoms with Crippen LogP contribution in [0.1, 0.15) is 12.8 Å². The Morgan fingerprint density at radius 2 is 2.00 bits per heavy atom. The monoisotopic (exact) mass is 464 g/mol. The Balaban J connectivity index is 1.36. The first kappa shape index (κ1) is 20.8. The molecule has 2 aliphatic rings. The summed E-state index contributed by atoms with van der Waals surface area (Å²) < 4.78 is 33.5. The summed E-state index contributed by atoms with van der Waals surface area (Å²) in [7, 11) is -3.98. The molecule has 3 heterocycles. The van der Waals surface area contributed by atoms with Gasteiger partial charge in [-0.25, -0.2) is 18.5 Å². The van der Waals surface area contributed by atoms with E-state index in [2.05, 4.69) is 25.6 Å². The summed E-state index contributed by atoms with van der Waals surface area (Å²) in [5, 5.41) is 12.2. The lowest BCUT2D eigenvalue weighted by Gasteiger charge is -2.21. The summed E-state index contributed by atoms with van der Waals surface area (Å²) in [5.74, 6) is 1.40. The Morgan fingerprint density at radius 3 is 2.82 bits per heavy atom. The van der Waals surface area contributed by atoms with Crippen molar-refractivity contribution in [2.45, 2.75) is 12.8 Å². The molecule has 0 amide bonds. The molecular formula is C22H20N6O4S. The largest absolute Gasteiger partial charge is 0.457 e. The summed E-state index contributed by atoms with van der Waals surface area (Å²) in [6.45, 7) is 0. The van der Waals surface area contributed by atoms with Gasteiger partial charge in [-0.05, 0) is 48.6 Å². The van der Waals surface area contributed by atoms with Crippen molar-refractivity contribution in [2.75, 3.05) is 10.6 Å². The number of hydrogen-bond donors (Lipinski definition) is 4. The third-order valence-electron chi connectivity index (χ3n) is 5.04. The molecule has 0 saturated heterocycles. The maximum Gasteiger partial charge on any atom is 0.274 e. The van der Waals surface area contributed by atoms with Crippen molar-refractivity contribution in [3.8, 4) is 0 Å². The summed E-state index contributed by atoms with van der Waals surface area (Å²) >= 11 is 0. The van der Waals surface area contributed by atoms with Gasteiger partial charge >= 0.3 is 0 Å². The average molecular weight is 465 g/mol. The number of benzene rings is 1. The maximum absolute atomic E-state index is 11.4. The molecule has 1 aliphatic carbocycles. The molecule has 168 valence electrons. The Labute approximate surface area is 189 Å². The average Bonchev–Trinajstić information content (AvgIpc) is 3.27. The van der Waals surface area contributed by atoms with Crippen LogP contribution in [-0.2, 0) is 19.5 Å². The van der Waals surface area contributed by atoms with E-state index < -0.39 is 15.1 Å². The number of aromatic nitrogens is 3. The highest BCUT2D eigenvalue weighted by atomic mass is 32.2. The van der Waals surface area contributed by atoms with Gasteiger partial charge in [-0.15, -0.1) is 0 Å². The molecule has 0 radical (unpaired) electrons. The van der Waals surface area contributed by atoms with Crippen LogP contribution in [0.3, 0.4) is 0 Å². The highest BCUT2D eigenvalue weighted by molar-refractivity contribution is 7.92. The van der Waals surface area contributed by atoms with Crippen LogP contribution in [-0.4, -0.2) is 23.4 Å². The molecule has 1 aliphatic heterocycles. The molecule has 11 heteroatoms. The minimum atomic E-state index is -3.98. The van der Waals surface area contributed by atoms with Crippen LogP contribution in [0.2, 0.25) is 0 Å². The van der Waals surface area contributed by atoms with Gasteiger partial charge in [-0.3, -0.25) is 0 Å². The van der Waals surface area contributed by atoms with Crippen LogP contribution in [0, 0.1) is 0 Å². The lowest BCUT2D eigenvalue weighted by molar-refractivity contribution is 0.250. The first-order valence-electron chi connectivity index (χ1n) is 10.1. The number of sulfonamides is 1. The van der Waals surface area contributed by atoms with Crippen LogP contribution in [0.15, 0.2) is 89.5 Å². The molecule has 10 nitrogen and oxygen atoms in total. The van der Waals surface area contributed by atoms with Gasteiger partial charge in [-0.2, -0.15) is 4.98 Å². The molecule has 0 unspecified atom stereocenters. The summed E-state index contributed by atoms with van der Waals surface area (Å²) in [4.78, 5) is 12.0. The summed E-state index contributed by atoms with van der Waals surface area (Å²) in [5.41, 5.74) is 3.43. The fraction of sp³-hybridized carbons (Fsp3) is 0.0909. The topological polar surface area (TPSA) is 144 Å². The number of hydrogen-bond acceptors (Lipinski definition) is 8. The van der Waals surface area contributed by atoms with Crippen molar-refractivity contribution in [3.05, 3.63) is 89.5 Å². The Hall–Kier alpha value is -4.09. The number of fused-ring (bicyclic) bond motifs is 1. The number of H-pyrrole nitrogens is 1. The third-order valence-corrected chi connectivity index (χ3v) is 5.80. The van der Waals surface area contributed by atoms with Gasteiger partial charge in [-0.1, -0.05) is 12.1 Å². The molecule has 1 aromatic carbocycles. The second-order valence-corrected chi connectivity index (χ2v) is 8.82. The zero-order chi connectivity index (χ0) is 22.8. The van der Waals surface area contributed by atoms with Gasteiger partial charge in [0, 0.05) is 34.9 Å². The van der Waals surface area contributed by atoms with Crippen molar-refractivity contribution in [1.82, 2.24) is 15.0 Å². The van der Waals surface area contributed by atoms with Crippen LogP contribution in [0.4, 0.5) is 17.5 Å². The molecular weight excluding hydrogens is 444 g/mol. The van der Waals surface area contributed by atoms with Gasteiger partial charge in [0.05, 0.1) is 0 Å². The Morgan fingerprint density at radius 1 is 1.09 bits per heavy atom. The molecule has 0 bridgehead atoms. The molecule has 3 aromatic rings. The Bertz CT molecular complexity index is 1450. The van der Waals surface area contributed by atoms with Gasteiger partial charge in [0.1, 0.15) is 18.3 Å². The predicted molar refractivity (Wildman–Crippen MR) is 124 cm³/mol. The third kappa shape index (κ3) is 4.59. The lowest BCUT2D eigenvalue weighted by Crippen LogP contribution is -2.18. The number of anilines is 3. The SMILES string of the molecule is NS(=O)(=O)C1=COC(C2=C(Nc3ccnc(Nc4ccc5cc[nH]c5c4)n3)C=CCC2)=CO1. The normalized spacial score (nSPS) is 16.0. The zero-order valence-corrected chi connectivity index (χ0v) is 18.1. The van der Waals surface area contributed by atoms with Crippen molar-refractivity contribution in [2.24, 2.45) is 5.14 Å². The van der Waals surface area contributed by atoms with E-state index in [1.807, 2.05) is 42.6 Å². The zero-order valence-electron chi connectivity index (χ0n) is 17.3. The molecule has 0 atom stereocenters. The second-order valence-electron chi connectivity index (χ2n) is 7.33. The molecule has 5 N–H and O–H groups in total. The van der Waals surface area contributed by atoms with E-state index in [4.69, 9.17) is 14.6 Å².